The molecule has 1 unspecified atom stereocenters. The summed E-state index contributed by atoms with van der Waals surface area (Å²) in [5.74, 6) is 0. The lowest BCUT2D eigenvalue weighted by Crippen LogP contribution is -2.43. The smallest absolute Gasteiger partial charge is 0.114 e. The molecule has 0 spiro atoms. The van der Waals surface area contributed by atoms with E-state index in [-0.39, 0.29) is 24.4 Å². The van der Waals surface area contributed by atoms with Gasteiger partial charge in [-0.3, -0.25) is 5.32 Å². The van der Waals surface area contributed by atoms with Crippen molar-refractivity contribution in [3.63, 3.8) is 0 Å². The molecule has 1 saturated heterocycles. The summed E-state index contributed by atoms with van der Waals surface area (Å²) in [5, 5.41) is 3.42. The van der Waals surface area contributed by atoms with Gasteiger partial charge in [-0.05, 0) is 16.7 Å². The molecule has 4 atom stereocenters. The first-order valence-electron chi connectivity index (χ1n) is 10.7. The van der Waals surface area contributed by atoms with E-state index in [1.807, 2.05) is 66.7 Å². The van der Waals surface area contributed by atoms with Gasteiger partial charge in [0.25, 0.3) is 0 Å². The number of benzene rings is 3. The van der Waals surface area contributed by atoms with Crippen LogP contribution in [-0.4, -0.2) is 31.0 Å². The largest absolute Gasteiger partial charge is 0.375 e. The predicted octanol–water partition coefficient (Wildman–Crippen LogP) is 3.63. The molecule has 0 saturated carbocycles. The Hall–Kier alpha value is -2.54. The zero-order valence-electron chi connectivity index (χ0n) is 17.6. The minimum absolute atomic E-state index is 0.0526. The fourth-order valence-corrected chi connectivity index (χ4v) is 3.83. The Balaban J connectivity index is 1.39. The van der Waals surface area contributed by atoms with E-state index < -0.39 is 0 Å². The molecule has 1 aliphatic heterocycles. The molecule has 3 aromatic rings. The van der Waals surface area contributed by atoms with Gasteiger partial charge in [0.15, 0.2) is 0 Å². The van der Waals surface area contributed by atoms with Crippen LogP contribution < -0.4 is 11.1 Å². The van der Waals surface area contributed by atoms with Crippen LogP contribution in [0.2, 0.25) is 0 Å². The second-order valence-electron chi connectivity index (χ2n) is 7.82. The maximum absolute atomic E-state index is 6.40. The first kappa shape index (κ1) is 21.7. The fraction of sp³-hybridized carbons (Fsp3) is 0.308. The average Bonchev–Trinajstić information content (AvgIpc) is 3.12. The maximum atomic E-state index is 6.40. The van der Waals surface area contributed by atoms with E-state index in [9.17, 15) is 0 Å². The molecule has 0 amide bonds. The van der Waals surface area contributed by atoms with E-state index in [4.69, 9.17) is 19.9 Å². The van der Waals surface area contributed by atoms with Crippen LogP contribution in [-0.2, 0) is 34.0 Å². The van der Waals surface area contributed by atoms with Crippen molar-refractivity contribution in [1.29, 1.82) is 0 Å². The van der Waals surface area contributed by atoms with E-state index in [0.717, 1.165) is 16.7 Å². The van der Waals surface area contributed by atoms with Gasteiger partial charge in [-0.25, -0.2) is 0 Å². The lowest BCUT2D eigenvalue weighted by Gasteiger charge is -2.25. The van der Waals surface area contributed by atoms with Crippen LogP contribution in [0.5, 0.6) is 0 Å². The van der Waals surface area contributed by atoms with Gasteiger partial charge >= 0.3 is 0 Å². The highest BCUT2D eigenvalue weighted by Crippen LogP contribution is 2.22. The van der Waals surface area contributed by atoms with Crippen molar-refractivity contribution in [2.75, 3.05) is 6.61 Å². The molecule has 0 aromatic heterocycles. The van der Waals surface area contributed by atoms with Crippen LogP contribution in [0.25, 0.3) is 0 Å². The van der Waals surface area contributed by atoms with E-state index >= 15 is 0 Å². The monoisotopic (exact) mass is 418 g/mol. The molecular formula is C26H30N2O3. The third kappa shape index (κ3) is 6.23. The first-order valence-corrected chi connectivity index (χ1v) is 10.7. The number of hydrogen-bond donors (Lipinski definition) is 2. The van der Waals surface area contributed by atoms with Gasteiger partial charge < -0.3 is 19.9 Å². The Bertz CT molecular complexity index is 892. The average molecular weight is 419 g/mol. The van der Waals surface area contributed by atoms with Crippen LogP contribution in [0.15, 0.2) is 91.0 Å². The van der Waals surface area contributed by atoms with Crippen molar-refractivity contribution in [2.24, 2.45) is 5.73 Å². The standard InChI is InChI=1S/C26H30N2O3/c27-26-25(31-18-22-14-8-3-9-15-22)24(30-17-21-12-6-2-7-13-21)23(28-26)19-29-16-20-10-4-1-5-11-20/h1-15,23-26,28H,16-19,27H2/t23-,24-,25+,26?/m1/s1. The van der Waals surface area contributed by atoms with Crippen molar-refractivity contribution in [3.8, 4) is 0 Å². The van der Waals surface area contributed by atoms with Crippen LogP contribution in [0.4, 0.5) is 0 Å². The number of hydrogen-bond acceptors (Lipinski definition) is 5. The third-order valence-electron chi connectivity index (χ3n) is 5.46. The zero-order valence-corrected chi connectivity index (χ0v) is 17.6. The molecule has 4 rings (SSSR count). The molecule has 0 radical (unpaired) electrons. The molecule has 5 heteroatoms. The van der Waals surface area contributed by atoms with Gasteiger partial charge in [-0.2, -0.15) is 0 Å². The lowest BCUT2D eigenvalue weighted by atomic mass is 10.1. The van der Waals surface area contributed by atoms with Crippen LogP contribution >= 0.6 is 0 Å². The van der Waals surface area contributed by atoms with Crippen molar-refractivity contribution >= 4 is 0 Å². The minimum atomic E-state index is -0.324. The molecular weight excluding hydrogens is 388 g/mol. The van der Waals surface area contributed by atoms with Gasteiger partial charge in [0.2, 0.25) is 0 Å². The second-order valence-corrected chi connectivity index (χ2v) is 7.82. The molecule has 1 aliphatic rings. The van der Waals surface area contributed by atoms with Gasteiger partial charge in [0.05, 0.1) is 38.6 Å². The van der Waals surface area contributed by atoms with E-state index in [1.54, 1.807) is 0 Å². The Morgan fingerprint density at radius 3 is 1.58 bits per heavy atom. The van der Waals surface area contributed by atoms with Gasteiger partial charge in [-0.1, -0.05) is 91.0 Å². The number of rotatable bonds is 10. The molecule has 162 valence electrons. The number of nitrogens with one attached hydrogen (secondary N) is 1. The number of nitrogens with two attached hydrogens (primary N) is 1. The lowest BCUT2D eigenvalue weighted by molar-refractivity contribution is -0.0854. The van der Waals surface area contributed by atoms with Crippen molar-refractivity contribution < 1.29 is 14.2 Å². The van der Waals surface area contributed by atoms with Gasteiger partial charge in [0, 0.05) is 0 Å². The highest BCUT2D eigenvalue weighted by atomic mass is 16.5. The normalized spacial score (nSPS) is 23.1. The molecule has 1 heterocycles. The van der Waals surface area contributed by atoms with E-state index in [1.165, 1.54) is 0 Å². The SMILES string of the molecule is NC1N[C@H](COCc2ccccc2)[C@@H](OCc2ccccc2)[C@@H]1OCc1ccccc1. The van der Waals surface area contributed by atoms with Crippen LogP contribution in [0, 0.1) is 0 Å². The predicted molar refractivity (Wildman–Crippen MR) is 121 cm³/mol. The highest BCUT2D eigenvalue weighted by molar-refractivity contribution is 5.15. The van der Waals surface area contributed by atoms with Gasteiger partial charge in [-0.15, -0.1) is 0 Å². The summed E-state index contributed by atoms with van der Waals surface area (Å²) in [5.41, 5.74) is 9.78. The Morgan fingerprint density at radius 2 is 1.06 bits per heavy atom. The minimum Gasteiger partial charge on any atom is -0.375 e. The molecule has 5 nitrogen and oxygen atoms in total. The summed E-state index contributed by atoms with van der Waals surface area (Å²) >= 11 is 0. The summed E-state index contributed by atoms with van der Waals surface area (Å²) in [6.45, 7) is 2.03. The molecule has 3 aromatic carbocycles. The Morgan fingerprint density at radius 1 is 0.613 bits per heavy atom. The summed E-state index contributed by atoms with van der Waals surface area (Å²) in [6, 6.07) is 30.4. The van der Waals surface area contributed by atoms with E-state index in [2.05, 4.69) is 29.6 Å². The van der Waals surface area contributed by atoms with Crippen molar-refractivity contribution in [3.05, 3.63) is 108 Å². The Labute approximate surface area is 184 Å². The van der Waals surface area contributed by atoms with Crippen LogP contribution in [0.3, 0.4) is 0 Å². The molecule has 31 heavy (non-hydrogen) atoms. The third-order valence-corrected chi connectivity index (χ3v) is 5.46. The molecule has 0 aliphatic carbocycles. The first-order chi connectivity index (χ1) is 15.3. The van der Waals surface area contributed by atoms with Crippen molar-refractivity contribution in [2.45, 2.75) is 44.2 Å². The van der Waals surface area contributed by atoms with Gasteiger partial charge in [0.1, 0.15) is 12.2 Å². The van der Waals surface area contributed by atoms with Crippen molar-refractivity contribution in [1.82, 2.24) is 5.32 Å². The topological polar surface area (TPSA) is 65.7 Å². The zero-order chi connectivity index (χ0) is 21.3. The maximum Gasteiger partial charge on any atom is 0.114 e. The molecule has 0 bridgehead atoms. The van der Waals surface area contributed by atoms with Crippen LogP contribution in [0.1, 0.15) is 16.7 Å². The second kappa shape index (κ2) is 11.2. The summed E-state index contributed by atoms with van der Waals surface area (Å²) in [7, 11) is 0. The summed E-state index contributed by atoms with van der Waals surface area (Å²) < 4.78 is 18.5. The Kier molecular flexibility index (Phi) is 7.82. The van der Waals surface area contributed by atoms with E-state index in [0.29, 0.717) is 26.4 Å². The summed E-state index contributed by atoms with van der Waals surface area (Å²) in [4.78, 5) is 0. The highest BCUT2D eigenvalue weighted by Gasteiger charge is 2.43. The summed E-state index contributed by atoms with van der Waals surface area (Å²) in [6.07, 6.45) is -0.807. The number of ether oxygens (including phenoxy) is 3. The molecule has 1 fully saturated rings. The fourth-order valence-electron chi connectivity index (χ4n) is 3.83. The molecule has 3 N–H and O–H groups in total. The quantitative estimate of drug-likeness (QED) is 0.526.